The number of hydrogen-bond acceptors (Lipinski definition) is 1. The van der Waals surface area contributed by atoms with Gasteiger partial charge in [-0.2, -0.15) is 0 Å². The summed E-state index contributed by atoms with van der Waals surface area (Å²) in [6.45, 7) is 3.17. The van der Waals surface area contributed by atoms with Gasteiger partial charge in [-0.15, -0.1) is 0 Å². The van der Waals surface area contributed by atoms with Crippen molar-refractivity contribution < 1.29 is 8.78 Å². The molecule has 0 bridgehead atoms. The normalized spacial score (nSPS) is 15.3. The lowest BCUT2D eigenvalue weighted by Crippen LogP contribution is -2.14. The summed E-state index contributed by atoms with van der Waals surface area (Å²) in [6.07, 6.45) is 3.80. The maximum atomic E-state index is 13.6. The van der Waals surface area contributed by atoms with E-state index in [1.165, 1.54) is 6.92 Å². The van der Waals surface area contributed by atoms with E-state index in [0.717, 1.165) is 18.9 Å². The van der Waals surface area contributed by atoms with Crippen molar-refractivity contribution in [1.29, 1.82) is 0 Å². The third kappa shape index (κ3) is 1.48. The Morgan fingerprint density at radius 1 is 1.28 bits per heavy atom. The predicted molar refractivity (Wildman–Crippen MR) is 65.9 cm³/mol. The lowest BCUT2D eigenvalue weighted by atomic mass is 10.1. The average molecular weight is 249 g/mol. The van der Waals surface area contributed by atoms with Crippen LogP contribution >= 0.6 is 0 Å². The van der Waals surface area contributed by atoms with E-state index in [9.17, 15) is 13.6 Å². The van der Waals surface area contributed by atoms with E-state index in [4.69, 9.17) is 0 Å². The zero-order chi connectivity index (χ0) is 13.0. The average Bonchev–Trinajstić information content (AvgIpc) is 3.14. The zero-order valence-corrected chi connectivity index (χ0v) is 10.3. The minimum Gasteiger partial charge on any atom is -0.344 e. The number of pyridine rings is 1. The fourth-order valence-corrected chi connectivity index (χ4v) is 2.42. The molecule has 0 amide bonds. The number of aryl methyl sites for hydroxylation is 2. The van der Waals surface area contributed by atoms with Gasteiger partial charge in [-0.1, -0.05) is 0 Å². The molecule has 0 unspecified atom stereocenters. The van der Waals surface area contributed by atoms with Gasteiger partial charge in [0.15, 0.2) is 17.1 Å². The molecular weight excluding hydrogens is 236 g/mol. The Bertz CT molecular complexity index is 714. The molecule has 94 valence electrons. The van der Waals surface area contributed by atoms with E-state index in [1.807, 2.05) is 4.57 Å². The van der Waals surface area contributed by atoms with Crippen LogP contribution in [0.3, 0.4) is 0 Å². The molecule has 2 nitrogen and oxygen atoms in total. The van der Waals surface area contributed by atoms with Crippen molar-refractivity contribution in [3.05, 3.63) is 45.2 Å². The van der Waals surface area contributed by atoms with Crippen molar-refractivity contribution in [1.82, 2.24) is 4.57 Å². The van der Waals surface area contributed by atoms with Crippen molar-refractivity contribution in [2.24, 2.45) is 0 Å². The number of halogens is 2. The molecule has 0 atom stereocenters. The highest BCUT2D eigenvalue weighted by Gasteiger charge is 2.26. The molecule has 1 aromatic heterocycles. The summed E-state index contributed by atoms with van der Waals surface area (Å²) in [5, 5.41) is 0.306. The first-order valence-electron chi connectivity index (χ1n) is 6.00. The fraction of sp³-hybridized carbons (Fsp3) is 0.357. The minimum atomic E-state index is -0.924. The smallest absolute Gasteiger partial charge is 0.192 e. The highest BCUT2D eigenvalue weighted by Crippen LogP contribution is 2.37. The summed E-state index contributed by atoms with van der Waals surface area (Å²) in [4.78, 5) is 12.1. The second kappa shape index (κ2) is 3.64. The molecule has 3 rings (SSSR count). The van der Waals surface area contributed by atoms with Gasteiger partial charge in [0.05, 0.1) is 10.9 Å². The molecule has 1 fully saturated rings. The standard InChI is InChI=1S/C14H13F2NO/c1-7-6-17(9-3-4-9)11-5-10(15)13(16)8(2)12(11)14(7)18/h5-6,9H,3-4H2,1-2H3. The first-order valence-corrected chi connectivity index (χ1v) is 6.00. The third-order valence-electron chi connectivity index (χ3n) is 3.57. The number of rotatable bonds is 1. The number of hydrogen-bond donors (Lipinski definition) is 0. The Balaban J connectivity index is 2.52. The predicted octanol–water partition coefficient (Wildman–Crippen LogP) is 3.23. The first kappa shape index (κ1) is 11.4. The van der Waals surface area contributed by atoms with Crippen LogP contribution in [-0.2, 0) is 0 Å². The minimum absolute atomic E-state index is 0.105. The molecule has 1 saturated carbocycles. The lowest BCUT2D eigenvalue weighted by molar-refractivity contribution is 0.504. The summed E-state index contributed by atoms with van der Waals surface area (Å²) in [7, 11) is 0. The van der Waals surface area contributed by atoms with Gasteiger partial charge in [-0.05, 0) is 26.7 Å². The highest BCUT2D eigenvalue weighted by molar-refractivity contribution is 5.83. The highest BCUT2D eigenvalue weighted by atomic mass is 19.2. The fourth-order valence-electron chi connectivity index (χ4n) is 2.42. The Morgan fingerprint density at radius 3 is 2.56 bits per heavy atom. The van der Waals surface area contributed by atoms with Gasteiger partial charge < -0.3 is 4.57 Å². The summed E-state index contributed by atoms with van der Waals surface area (Å²) in [5.74, 6) is -1.81. The van der Waals surface area contributed by atoms with Gasteiger partial charge in [-0.25, -0.2) is 8.78 Å². The molecule has 2 aromatic rings. The van der Waals surface area contributed by atoms with Gasteiger partial charge in [0.25, 0.3) is 0 Å². The molecule has 0 spiro atoms. The lowest BCUT2D eigenvalue weighted by Gasteiger charge is -2.13. The second-order valence-electron chi connectivity index (χ2n) is 4.97. The number of nitrogens with zero attached hydrogens (tertiary/aromatic N) is 1. The number of fused-ring (bicyclic) bond motifs is 1. The van der Waals surface area contributed by atoms with Crippen molar-refractivity contribution in [2.75, 3.05) is 0 Å². The summed E-state index contributed by atoms with van der Waals surface area (Å²) in [5.41, 5.74) is 0.972. The van der Waals surface area contributed by atoms with Crippen LogP contribution in [0.25, 0.3) is 10.9 Å². The molecule has 1 heterocycles. The van der Waals surface area contributed by atoms with Crippen LogP contribution in [0.4, 0.5) is 8.78 Å². The van der Waals surface area contributed by atoms with Crippen LogP contribution in [0.5, 0.6) is 0 Å². The molecule has 0 aliphatic heterocycles. The monoisotopic (exact) mass is 249 g/mol. The van der Waals surface area contributed by atoms with E-state index < -0.39 is 11.6 Å². The van der Waals surface area contributed by atoms with Crippen molar-refractivity contribution in [3.63, 3.8) is 0 Å². The van der Waals surface area contributed by atoms with Crippen LogP contribution in [0.2, 0.25) is 0 Å². The SMILES string of the molecule is Cc1cn(C2CC2)c2cc(F)c(F)c(C)c2c1=O. The molecule has 1 aliphatic carbocycles. The second-order valence-corrected chi connectivity index (χ2v) is 4.97. The Hall–Kier alpha value is -1.71. The van der Waals surface area contributed by atoms with Crippen molar-refractivity contribution >= 4 is 10.9 Å². The van der Waals surface area contributed by atoms with E-state index in [2.05, 4.69) is 0 Å². The van der Waals surface area contributed by atoms with Gasteiger partial charge in [0.2, 0.25) is 0 Å². The van der Waals surface area contributed by atoms with Gasteiger partial charge in [-0.3, -0.25) is 4.79 Å². The van der Waals surface area contributed by atoms with Gasteiger partial charge >= 0.3 is 0 Å². The van der Waals surface area contributed by atoms with Crippen LogP contribution in [0, 0.1) is 25.5 Å². The molecule has 0 saturated heterocycles. The van der Waals surface area contributed by atoms with Crippen molar-refractivity contribution in [2.45, 2.75) is 32.7 Å². The van der Waals surface area contributed by atoms with Crippen molar-refractivity contribution in [3.8, 4) is 0 Å². The van der Waals surface area contributed by atoms with E-state index in [1.54, 1.807) is 13.1 Å². The Kier molecular flexibility index (Phi) is 2.30. The molecule has 4 heteroatoms. The molecule has 1 aliphatic rings. The maximum absolute atomic E-state index is 13.6. The van der Waals surface area contributed by atoms with Crippen LogP contribution in [0.1, 0.15) is 30.0 Å². The van der Waals surface area contributed by atoms with Gasteiger partial charge in [0.1, 0.15) is 0 Å². The van der Waals surface area contributed by atoms with Gasteiger partial charge in [0, 0.05) is 29.4 Å². The summed E-state index contributed by atoms with van der Waals surface area (Å²) in [6, 6.07) is 1.45. The number of aromatic nitrogens is 1. The summed E-state index contributed by atoms with van der Waals surface area (Å²) < 4.78 is 29.0. The van der Waals surface area contributed by atoms with Crippen LogP contribution < -0.4 is 5.43 Å². The molecule has 0 radical (unpaired) electrons. The largest absolute Gasteiger partial charge is 0.344 e. The first-order chi connectivity index (χ1) is 8.50. The van der Waals surface area contributed by atoms with E-state index >= 15 is 0 Å². The van der Waals surface area contributed by atoms with E-state index in [0.29, 0.717) is 22.5 Å². The summed E-state index contributed by atoms with van der Waals surface area (Å²) >= 11 is 0. The van der Waals surface area contributed by atoms with Crippen LogP contribution in [-0.4, -0.2) is 4.57 Å². The van der Waals surface area contributed by atoms with Crippen LogP contribution in [0.15, 0.2) is 17.1 Å². The Morgan fingerprint density at radius 2 is 1.94 bits per heavy atom. The quantitative estimate of drug-likeness (QED) is 0.760. The zero-order valence-electron chi connectivity index (χ0n) is 10.3. The molecule has 0 N–H and O–H groups in total. The molecule has 18 heavy (non-hydrogen) atoms. The topological polar surface area (TPSA) is 22.0 Å². The Labute approximate surface area is 103 Å². The molecular formula is C14H13F2NO. The third-order valence-corrected chi connectivity index (χ3v) is 3.57. The molecule has 1 aromatic carbocycles. The maximum Gasteiger partial charge on any atom is 0.192 e. The number of benzene rings is 1. The van der Waals surface area contributed by atoms with E-state index in [-0.39, 0.29) is 11.0 Å².